The Kier molecular flexibility index (Phi) is 3.97. The van der Waals surface area contributed by atoms with E-state index in [1.165, 1.54) is 6.92 Å². The van der Waals surface area contributed by atoms with Crippen molar-refractivity contribution >= 4 is 17.4 Å². The average Bonchev–Trinajstić information content (AvgIpc) is 2.16. The predicted octanol–water partition coefficient (Wildman–Crippen LogP) is 3.36. The molecule has 0 aromatic heterocycles. The van der Waals surface area contributed by atoms with Crippen LogP contribution in [0.4, 0.5) is 0 Å². The SMILES string of the molecule is CC(=O)C1=C/C=C\CCCC=C1Cl. The molecule has 13 heavy (non-hydrogen) atoms. The summed E-state index contributed by atoms with van der Waals surface area (Å²) in [5, 5.41) is 0.582. The maximum atomic E-state index is 11.2. The van der Waals surface area contributed by atoms with Crippen molar-refractivity contribution < 1.29 is 4.79 Å². The first-order valence-electron chi connectivity index (χ1n) is 4.45. The van der Waals surface area contributed by atoms with E-state index in [9.17, 15) is 4.79 Å². The van der Waals surface area contributed by atoms with Gasteiger partial charge in [-0.25, -0.2) is 0 Å². The number of rotatable bonds is 1. The van der Waals surface area contributed by atoms with Gasteiger partial charge in [0, 0.05) is 10.6 Å². The molecule has 70 valence electrons. The second-order valence-electron chi connectivity index (χ2n) is 3.05. The van der Waals surface area contributed by atoms with Crippen molar-refractivity contribution in [2.45, 2.75) is 26.2 Å². The van der Waals surface area contributed by atoms with Crippen LogP contribution >= 0.6 is 11.6 Å². The Labute approximate surface area is 83.8 Å². The molecule has 1 aliphatic carbocycles. The smallest absolute Gasteiger partial charge is 0.161 e. The van der Waals surface area contributed by atoms with E-state index in [2.05, 4.69) is 6.08 Å². The highest BCUT2D eigenvalue weighted by Gasteiger charge is 2.06. The van der Waals surface area contributed by atoms with Gasteiger partial charge in [0.1, 0.15) is 0 Å². The highest BCUT2D eigenvalue weighted by Crippen LogP contribution is 2.19. The molecule has 0 spiro atoms. The molecule has 1 rings (SSSR count). The van der Waals surface area contributed by atoms with Gasteiger partial charge in [-0.05, 0) is 26.2 Å². The quantitative estimate of drug-likeness (QED) is 0.629. The van der Waals surface area contributed by atoms with Crippen LogP contribution in [0.15, 0.2) is 34.9 Å². The Morgan fingerprint density at radius 3 is 2.92 bits per heavy atom. The van der Waals surface area contributed by atoms with E-state index in [1.807, 2.05) is 12.2 Å². The third-order valence-electron chi connectivity index (χ3n) is 1.93. The molecule has 0 aromatic carbocycles. The number of carbonyl (C=O) groups is 1. The monoisotopic (exact) mass is 196 g/mol. The van der Waals surface area contributed by atoms with E-state index < -0.39 is 0 Å². The van der Waals surface area contributed by atoms with Gasteiger partial charge in [-0.15, -0.1) is 0 Å². The molecule has 0 aromatic rings. The van der Waals surface area contributed by atoms with Gasteiger partial charge in [-0.2, -0.15) is 0 Å². The zero-order valence-corrected chi connectivity index (χ0v) is 8.47. The van der Waals surface area contributed by atoms with Crippen molar-refractivity contribution in [3.63, 3.8) is 0 Å². The van der Waals surface area contributed by atoms with Crippen LogP contribution in [0, 0.1) is 0 Å². The zero-order chi connectivity index (χ0) is 9.68. The summed E-state index contributed by atoms with van der Waals surface area (Å²) in [5.74, 6) is 0.0211. The molecule has 0 heterocycles. The van der Waals surface area contributed by atoms with Crippen LogP contribution in [0.5, 0.6) is 0 Å². The van der Waals surface area contributed by atoms with Crippen LogP contribution < -0.4 is 0 Å². The number of allylic oxidation sites excluding steroid dienone is 6. The maximum absolute atomic E-state index is 11.2. The standard InChI is InChI=1S/C11H13ClO/c1-9(13)10-7-5-3-2-4-6-8-11(10)12/h3,5,7-8H,2,4,6H2,1H3/b5-3-,10-7?,11-8?. The number of hydrogen-bond donors (Lipinski definition) is 0. The zero-order valence-electron chi connectivity index (χ0n) is 7.72. The lowest BCUT2D eigenvalue weighted by molar-refractivity contribution is -0.113. The molecule has 0 amide bonds. The Morgan fingerprint density at radius 2 is 2.23 bits per heavy atom. The summed E-state index contributed by atoms with van der Waals surface area (Å²) in [5.41, 5.74) is 0.611. The molecule has 0 unspecified atom stereocenters. The van der Waals surface area contributed by atoms with Gasteiger partial charge in [0.05, 0.1) is 0 Å². The lowest BCUT2D eigenvalue weighted by atomic mass is 10.1. The van der Waals surface area contributed by atoms with E-state index in [4.69, 9.17) is 11.6 Å². The fraction of sp³-hybridized carbons (Fsp3) is 0.364. The third-order valence-corrected chi connectivity index (χ3v) is 2.29. The summed E-state index contributed by atoms with van der Waals surface area (Å²) in [6.45, 7) is 1.54. The van der Waals surface area contributed by atoms with Gasteiger partial charge >= 0.3 is 0 Å². The summed E-state index contributed by atoms with van der Waals surface area (Å²) in [7, 11) is 0. The van der Waals surface area contributed by atoms with E-state index in [1.54, 1.807) is 6.08 Å². The molecule has 0 fully saturated rings. The second kappa shape index (κ2) is 5.03. The number of ketones is 1. The van der Waals surface area contributed by atoms with Crippen molar-refractivity contribution in [2.75, 3.05) is 0 Å². The number of hydrogen-bond acceptors (Lipinski definition) is 1. The molecule has 0 atom stereocenters. The lowest BCUT2D eigenvalue weighted by Crippen LogP contribution is -1.96. The Morgan fingerprint density at radius 1 is 1.46 bits per heavy atom. The van der Waals surface area contributed by atoms with Crippen LogP contribution in [0.1, 0.15) is 26.2 Å². The minimum Gasteiger partial charge on any atom is -0.294 e. The van der Waals surface area contributed by atoms with Crippen LogP contribution in [0.2, 0.25) is 0 Å². The first kappa shape index (κ1) is 10.3. The fourth-order valence-electron chi connectivity index (χ4n) is 1.20. The minimum absolute atomic E-state index is 0.0211. The van der Waals surface area contributed by atoms with Crippen molar-refractivity contribution in [3.8, 4) is 0 Å². The summed E-state index contributed by atoms with van der Waals surface area (Å²) in [6, 6.07) is 0. The molecule has 0 aliphatic heterocycles. The van der Waals surface area contributed by atoms with E-state index in [0.717, 1.165) is 19.3 Å². The molecular formula is C11H13ClO. The Balaban J connectivity index is 2.94. The molecule has 0 radical (unpaired) electrons. The topological polar surface area (TPSA) is 17.1 Å². The van der Waals surface area contributed by atoms with E-state index in [-0.39, 0.29) is 5.78 Å². The molecule has 0 bridgehead atoms. The second-order valence-corrected chi connectivity index (χ2v) is 3.45. The third kappa shape index (κ3) is 3.19. The van der Waals surface area contributed by atoms with Crippen LogP contribution in [0.3, 0.4) is 0 Å². The summed E-state index contributed by atoms with van der Waals surface area (Å²) < 4.78 is 0. The Hall–Kier alpha value is -0.820. The minimum atomic E-state index is 0.0211. The molecular weight excluding hydrogens is 184 g/mol. The lowest BCUT2D eigenvalue weighted by Gasteiger charge is -1.99. The normalized spacial score (nSPS) is 20.5. The van der Waals surface area contributed by atoms with Crippen LogP contribution in [0.25, 0.3) is 0 Å². The number of halogens is 1. The number of carbonyl (C=O) groups excluding carboxylic acids is 1. The molecule has 0 saturated carbocycles. The van der Waals surface area contributed by atoms with E-state index in [0.29, 0.717) is 10.6 Å². The highest BCUT2D eigenvalue weighted by molar-refractivity contribution is 6.35. The van der Waals surface area contributed by atoms with Gasteiger partial charge in [0.2, 0.25) is 0 Å². The van der Waals surface area contributed by atoms with Gasteiger partial charge in [0.15, 0.2) is 5.78 Å². The molecule has 1 aliphatic rings. The fourth-order valence-corrected chi connectivity index (χ4v) is 1.51. The number of Topliss-reactive ketones (excluding diaryl/α,β-unsaturated/α-hetero) is 1. The Bertz CT molecular complexity index is 284. The van der Waals surface area contributed by atoms with Gasteiger partial charge in [-0.1, -0.05) is 35.9 Å². The van der Waals surface area contributed by atoms with Crippen molar-refractivity contribution in [2.24, 2.45) is 0 Å². The molecule has 0 saturated heterocycles. The predicted molar refractivity (Wildman–Crippen MR) is 55.7 cm³/mol. The molecule has 1 nitrogen and oxygen atoms in total. The van der Waals surface area contributed by atoms with Crippen LogP contribution in [-0.4, -0.2) is 5.78 Å². The maximum Gasteiger partial charge on any atom is 0.161 e. The average molecular weight is 197 g/mol. The first-order chi connectivity index (χ1) is 6.22. The van der Waals surface area contributed by atoms with Crippen molar-refractivity contribution in [1.29, 1.82) is 0 Å². The van der Waals surface area contributed by atoms with E-state index >= 15 is 0 Å². The van der Waals surface area contributed by atoms with Crippen molar-refractivity contribution in [3.05, 3.63) is 34.9 Å². The van der Waals surface area contributed by atoms with Crippen molar-refractivity contribution in [1.82, 2.24) is 0 Å². The first-order valence-corrected chi connectivity index (χ1v) is 4.83. The summed E-state index contributed by atoms with van der Waals surface area (Å²) in [6.07, 6.45) is 10.7. The van der Waals surface area contributed by atoms with Gasteiger partial charge < -0.3 is 0 Å². The molecule has 2 heteroatoms. The summed E-state index contributed by atoms with van der Waals surface area (Å²) >= 11 is 5.97. The summed E-state index contributed by atoms with van der Waals surface area (Å²) in [4.78, 5) is 11.2. The largest absolute Gasteiger partial charge is 0.294 e. The van der Waals surface area contributed by atoms with Gasteiger partial charge in [0.25, 0.3) is 0 Å². The van der Waals surface area contributed by atoms with Crippen LogP contribution in [-0.2, 0) is 4.79 Å². The molecule has 0 N–H and O–H groups in total. The van der Waals surface area contributed by atoms with Gasteiger partial charge in [-0.3, -0.25) is 4.79 Å². The highest BCUT2D eigenvalue weighted by atomic mass is 35.5.